The standard InChI is InChI=1S/C50H28O2S/c1-3-15-36-34(13-1)47(30-22-26-46-41(28-30)33-12-7-10-20-45(33)53-46)35-14-2-4-16-37(35)48(36)39-24-23-31(50-49(39)38-17-6-9-19-43(38)52-50)29-21-25-44-40(27-29)32-11-5-8-18-42(32)51-44/h1-28H. The molecule has 12 rings (SSSR count). The molecule has 9 aromatic carbocycles. The molecule has 0 aliphatic rings. The molecular weight excluding hydrogens is 665 g/mol. The van der Waals surface area contributed by atoms with Crippen LogP contribution in [0, 0.1) is 0 Å². The van der Waals surface area contributed by atoms with E-state index >= 15 is 0 Å². The van der Waals surface area contributed by atoms with Gasteiger partial charge in [0.25, 0.3) is 0 Å². The van der Waals surface area contributed by atoms with Crippen LogP contribution in [0.3, 0.4) is 0 Å². The van der Waals surface area contributed by atoms with Gasteiger partial charge in [0.05, 0.1) is 0 Å². The predicted octanol–water partition coefficient (Wildman–Crippen LogP) is 15.2. The van der Waals surface area contributed by atoms with Gasteiger partial charge in [0.1, 0.15) is 22.3 Å². The Labute approximate surface area is 307 Å². The SMILES string of the molecule is c1ccc2c(c1)oc1ccc(-c3ccc(-c4c5ccccc5c(-c5ccc6sc7ccccc7c6c5)c5ccccc45)c4c3oc3ccccc34)cc12. The Kier molecular flexibility index (Phi) is 5.96. The highest BCUT2D eigenvalue weighted by Gasteiger charge is 2.23. The molecule has 12 aromatic rings. The largest absolute Gasteiger partial charge is 0.456 e. The molecule has 3 aromatic heterocycles. The third kappa shape index (κ3) is 4.14. The summed E-state index contributed by atoms with van der Waals surface area (Å²) < 4.78 is 15.7. The lowest BCUT2D eigenvalue weighted by Gasteiger charge is -2.19. The normalized spacial score (nSPS) is 12.2. The first-order chi connectivity index (χ1) is 26.3. The molecule has 0 aliphatic carbocycles. The van der Waals surface area contributed by atoms with E-state index in [-0.39, 0.29) is 0 Å². The molecule has 0 atom stereocenters. The van der Waals surface area contributed by atoms with Gasteiger partial charge in [-0.15, -0.1) is 11.3 Å². The Hall–Kier alpha value is -6.68. The molecule has 0 amide bonds. The lowest BCUT2D eigenvalue weighted by Crippen LogP contribution is -1.92. The van der Waals surface area contributed by atoms with Crippen LogP contribution in [-0.2, 0) is 0 Å². The highest BCUT2D eigenvalue weighted by atomic mass is 32.1. The summed E-state index contributed by atoms with van der Waals surface area (Å²) in [6.45, 7) is 0. The Morgan fingerprint density at radius 3 is 1.60 bits per heavy atom. The first-order valence-corrected chi connectivity index (χ1v) is 18.8. The summed E-state index contributed by atoms with van der Waals surface area (Å²) in [4.78, 5) is 0. The monoisotopic (exact) mass is 692 g/mol. The van der Waals surface area contributed by atoms with Gasteiger partial charge < -0.3 is 8.83 Å². The molecule has 246 valence electrons. The van der Waals surface area contributed by atoms with E-state index in [1.807, 2.05) is 23.5 Å². The van der Waals surface area contributed by atoms with E-state index in [4.69, 9.17) is 8.83 Å². The van der Waals surface area contributed by atoms with Crippen LogP contribution >= 0.6 is 11.3 Å². The number of thiophene rings is 1. The Morgan fingerprint density at radius 2 is 0.849 bits per heavy atom. The maximum absolute atomic E-state index is 6.84. The Bertz CT molecular complexity index is 3410. The lowest BCUT2D eigenvalue weighted by molar-refractivity contribution is 0.668. The van der Waals surface area contributed by atoms with Crippen molar-refractivity contribution in [3.05, 3.63) is 170 Å². The summed E-state index contributed by atoms with van der Waals surface area (Å²) >= 11 is 1.86. The maximum atomic E-state index is 6.84. The van der Waals surface area contributed by atoms with E-state index in [0.29, 0.717) is 0 Å². The zero-order valence-corrected chi connectivity index (χ0v) is 29.2. The van der Waals surface area contributed by atoms with Gasteiger partial charge in [-0.2, -0.15) is 0 Å². The molecule has 0 saturated heterocycles. The van der Waals surface area contributed by atoms with E-state index < -0.39 is 0 Å². The van der Waals surface area contributed by atoms with Crippen LogP contribution in [0.2, 0.25) is 0 Å². The number of benzene rings is 9. The van der Waals surface area contributed by atoms with Crippen LogP contribution in [-0.4, -0.2) is 0 Å². The molecule has 0 fully saturated rings. The number of rotatable bonds is 3. The highest BCUT2D eigenvalue weighted by Crippen LogP contribution is 2.49. The van der Waals surface area contributed by atoms with Crippen molar-refractivity contribution in [3.63, 3.8) is 0 Å². The average Bonchev–Trinajstić information content (AvgIpc) is 3.91. The summed E-state index contributed by atoms with van der Waals surface area (Å²) in [5.74, 6) is 0. The molecule has 3 heteroatoms. The first-order valence-electron chi connectivity index (χ1n) is 18.0. The second-order valence-electron chi connectivity index (χ2n) is 13.9. The number of hydrogen-bond acceptors (Lipinski definition) is 3. The van der Waals surface area contributed by atoms with E-state index in [1.165, 1.54) is 64.0 Å². The summed E-state index contributed by atoms with van der Waals surface area (Å²) in [5, 5.41) is 12.0. The molecule has 2 nitrogen and oxygen atoms in total. The van der Waals surface area contributed by atoms with E-state index in [0.717, 1.165) is 55.0 Å². The molecule has 0 N–H and O–H groups in total. The smallest absolute Gasteiger partial charge is 0.143 e. The first kappa shape index (κ1) is 29.0. The predicted molar refractivity (Wildman–Crippen MR) is 225 cm³/mol. The fraction of sp³-hybridized carbons (Fsp3) is 0. The van der Waals surface area contributed by atoms with E-state index in [2.05, 4.69) is 158 Å². The van der Waals surface area contributed by atoms with Gasteiger partial charge >= 0.3 is 0 Å². The molecular formula is C50H28O2S. The summed E-state index contributed by atoms with van der Waals surface area (Å²) in [6, 6.07) is 61.3. The zero-order chi connectivity index (χ0) is 34.6. The van der Waals surface area contributed by atoms with Crippen LogP contribution < -0.4 is 0 Å². The molecule has 0 unspecified atom stereocenters. The van der Waals surface area contributed by atoms with Crippen LogP contribution in [0.5, 0.6) is 0 Å². The molecule has 53 heavy (non-hydrogen) atoms. The van der Waals surface area contributed by atoms with Crippen molar-refractivity contribution < 1.29 is 8.83 Å². The van der Waals surface area contributed by atoms with Crippen molar-refractivity contribution in [3.8, 4) is 33.4 Å². The van der Waals surface area contributed by atoms with Gasteiger partial charge in [-0.1, -0.05) is 121 Å². The van der Waals surface area contributed by atoms with Crippen molar-refractivity contribution in [2.75, 3.05) is 0 Å². The molecule has 0 radical (unpaired) electrons. The number of para-hydroxylation sites is 2. The van der Waals surface area contributed by atoms with Crippen LogP contribution in [0.25, 0.3) is 119 Å². The van der Waals surface area contributed by atoms with Crippen molar-refractivity contribution in [1.82, 2.24) is 0 Å². The summed E-state index contributed by atoms with van der Waals surface area (Å²) in [5.41, 5.74) is 10.6. The van der Waals surface area contributed by atoms with Crippen LogP contribution in [0.15, 0.2) is 179 Å². The summed E-state index contributed by atoms with van der Waals surface area (Å²) in [7, 11) is 0. The second kappa shape index (κ2) is 10.9. The Morgan fingerprint density at radius 1 is 0.321 bits per heavy atom. The number of furan rings is 2. The van der Waals surface area contributed by atoms with Crippen molar-refractivity contribution in [2.45, 2.75) is 0 Å². The summed E-state index contributed by atoms with van der Waals surface area (Å²) in [6.07, 6.45) is 0. The van der Waals surface area contributed by atoms with Crippen LogP contribution in [0.1, 0.15) is 0 Å². The van der Waals surface area contributed by atoms with Gasteiger partial charge in [0, 0.05) is 47.3 Å². The molecule has 0 saturated carbocycles. The molecule has 0 bridgehead atoms. The maximum Gasteiger partial charge on any atom is 0.143 e. The second-order valence-corrected chi connectivity index (χ2v) is 15.0. The lowest BCUT2D eigenvalue weighted by atomic mass is 9.84. The third-order valence-corrected chi connectivity index (χ3v) is 12.2. The van der Waals surface area contributed by atoms with Crippen LogP contribution in [0.4, 0.5) is 0 Å². The fourth-order valence-corrected chi connectivity index (χ4v) is 9.86. The minimum Gasteiger partial charge on any atom is -0.456 e. The van der Waals surface area contributed by atoms with Gasteiger partial charge in [-0.25, -0.2) is 0 Å². The topological polar surface area (TPSA) is 26.3 Å². The third-order valence-electron chi connectivity index (χ3n) is 11.1. The van der Waals surface area contributed by atoms with Crippen molar-refractivity contribution in [2.24, 2.45) is 0 Å². The number of hydrogen-bond donors (Lipinski definition) is 0. The highest BCUT2D eigenvalue weighted by molar-refractivity contribution is 7.25. The number of fused-ring (bicyclic) bond motifs is 11. The Balaban J connectivity index is 1.16. The molecule has 3 heterocycles. The molecule has 0 aliphatic heterocycles. The minimum atomic E-state index is 0.882. The average molecular weight is 693 g/mol. The molecule has 0 spiro atoms. The van der Waals surface area contributed by atoms with Crippen molar-refractivity contribution in [1.29, 1.82) is 0 Å². The minimum absolute atomic E-state index is 0.882. The van der Waals surface area contributed by atoms with E-state index in [9.17, 15) is 0 Å². The van der Waals surface area contributed by atoms with E-state index in [1.54, 1.807) is 0 Å². The fourth-order valence-electron chi connectivity index (χ4n) is 8.77. The van der Waals surface area contributed by atoms with Crippen molar-refractivity contribution >= 4 is 96.9 Å². The van der Waals surface area contributed by atoms with Gasteiger partial charge in [0.2, 0.25) is 0 Å². The van der Waals surface area contributed by atoms with Gasteiger partial charge in [-0.3, -0.25) is 0 Å². The van der Waals surface area contributed by atoms with Gasteiger partial charge in [0.15, 0.2) is 0 Å². The zero-order valence-electron chi connectivity index (χ0n) is 28.4. The quantitative estimate of drug-likeness (QED) is 0.172. The van der Waals surface area contributed by atoms with Gasteiger partial charge in [-0.05, 0) is 97.9 Å².